The summed E-state index contributed by atoms with van der Waals surface area (Å²) in [5.41, 5.74) is 0.853. The number of esters is 1. The van der Waals surface area contributed by atoms with Gasteiger partial charge in [-0.05, 0) is 54.1 Å². The molecule has 0 fully saturated rings. The topological polar surface area (TPSA) is 104 Å². The molecule has 0 aliphatic carbocycles. The van der Waals surface area contributed by atoms with E-state index < -0.39 is 16.0 Å². The normalized spacial score (nSPS) is 12.7. The van der Waals surface area contributed by atoms with Crippen molar-refractivity contribution in [2.75, 3.05) is 6.79 Å². The van der Waals surface area contributed by atoms with Crippen molar-refractivity contribution in [3.8, 4) is 11.5 Å². The zero-order chi connectivity index (χ0) is 21.1. The lowest BCUT2D eigenvalue weighted by Gasteiger charge is -2.08. The Labute approximate surface area is 177 Å². The van der Waals surface area contributed by atoms with E-state index in [0.29, 0.717) is 27.8 Å². The maximum absolute atomic E-state index is 12.3. The molecule has 0 bridgehead atoms. The predicted molar refractivity (Wildman–Crippen MR) is 106 cm³/mol. The largest absolute Gasteiger partial charge is 0.468 e. The van der Waals surface area contributed by atoms with Crippen LogP contribution in [0.5, 0.6) is 11.5 Å². The number of benzene rings is 2. The van der Waals surface area contributed by atoms with Gasteiger partial charge in [-0.2, -0.15) is 0 Å². The van der Waals surface area contributed by atoms with Crippen molar-refractivity contribution in [1.29, 1.82) is 0 Å². The van der Waals surface area contributed by atoms with Crippen LogP contribution in [0.3, 0.4) is 0 Å². The molecule has 1 aromatic heterocycles. The maximum atomic E-state index is 12.3. The van der Waals surface area contributed by atoms with Gasteiger partial charge in [0.15, 0.2) is 11.5 Å². The third-order valence-electron chi connectivity index (χ3n) is 4.27. The van der Waals surface area contributed by atoms with Gasteiger partial charge in [0, 0.05) is 0 Å². The third kappa shape index (κ3) is 4.43. The van der Waals surface area contributed by atoms with Crippen LogP contribution >= 0.6 is 11.6 Å². The van der Waals surface area contributed by atoms with Gasteiger partial charge >= 0.3 is 5.97 Å². The Balaban J connectivity index is 1.37. The molecule has 0 saturated carbocycles. The number of hydrogen-bond donors (Lipinski definition) is 1. The molecule has 0 unspecified atom stereocenters. The Bertz CT molecular complexity index is 1160. The number of furan rings is 1. The monoisotopic (exact) mass is 449 g/mol. The molecule has 2 heterocycles. The highest BCUT2D eigenvalue weighted by Gasteiger charge is 2.19. The quantitative estimate of drug-likeness (QED) is 0.550. The second-order valence-corrected chi connectivity index (χ2v) is 8.49. The summed E-state index contributed by atoms with van der Waals surface area (Å²) in [5.74, 6) is 0.841. The average molecular weight is 450 g/mol. The van der Waals surface area contributed by atoms with Crippen LogP contribution in [0.4, 0.5) is 0 Å². The van der Waals surface area contributed by atoms with E-state index in [2.05, 4.69) is 4.72 Å². The molecule has 3 aromatic rings. The van der Waals surface area contributed by atoms with E-state index in [0.717, 1.165) is 0 Å². The molecule has 2 aromatic carbocycles. The minimum atomic E-state index is -3.75. The summed E-state index contributed by atoms with van der Waals surface area (Å²) >= 11 is 6.11. The minimum Gasteiger partial charge on any atom is -0.468 e. The van der Waals surface area contributed by atoms with Gasteiger partial charge in [-0.3, -0.25) is 0 Å². The van der Waals surface area contributed by atoms with Gasteiger partial charge in [0.1, 0.15) is 12.4 Å². The van der Waals surface area contributed by atoms with Crippen LogP contribution in [-0.4, -0.2) is 21.2 Å². The van der Waals surface area contributed by atoms with Gasteiger partial charge in [0.25, 0.3) is 0 Å². The summed E-state index contributed by atoms with van der Waals surface area (Å²) in [5, 5.41) is 0.368. The molecule has 8 nitrogen and oxygen atoms in total. The van der Waals surface area contributed by atoms with E-state index in [9.17, 15) is 13.2 Å². The number of carbonyl (C=O) groups is 1. The number of nitrogens with one attached hydrogen (secondary N) is 1. The molecule has 10 heteroatoms. The van der Waals surface area contributed by atoms with E-state index in [1.54, 1.807) is 24.3 Å². The number of rotatable bonds is 7. The second-order valence-electron chi connectivity index (χ2n) is 6.32. The average Bonchev–Trinajstić information content (AvgIpc) is 3.43. The first-order valence-electron chi connectivity index (χ1n) is 8.79. The number of fused-ring (bicyclic) bond motifs is 1. The second kappa shape index (κ2) is 8.39. The summed E-state index contributed by atoms with van der Waals surface area (Å²) in [6, 6.07) is 12.1. The zero-order valence-corrected chi connectivity index (χ0v) is 17.0. The molecule has 0 spiro atoms. The van der Waals surface area contributed by atoms with Crippen LogP contribution in [-0.2, 0) is 27.9 Å². The van der Waals surface area contributed by atoms with Crippen molar-refractivity contribution < 1.29 is 31.8 Å². The number of halogens is 1. The molecule has 1 aliphatic heterocycles. The summed E-state index contributed by atoms with van der Waals surface area (Å²) in [7, 11) is -3.75. The molecule has 0 atom stereocenters. The zero-order valence-electron chi connectivity index (χ0n) is 15.5. The van der Waals surface area contributed by atoms with Crippen LogP contribution in [0.1, 0.15) is 21.7 Å². The van der Waals surface area contributed by atoms with Gasteiger partial charge in [-0.15, -0.1) is 0 Å². The molecule has 0 saturated heterocycles. The minimum absolute atomic E-state index is 0.0214. The molecule has 4 rings (SSSR count). The lowest BCUT2D eigenvalue weighted by molar-refractivity contribution is 0.0472. The highest BCUT2D eigenvalue weighted by atomic mass is 35.5. The van der Waals surface area contributed by atoms with E-state index >= 15 is 0 Å². The predicted octanol–water partition coefficient (Wildman–Crippen LogP) is 3.50. The highest BCUT2D eigenvalue weighted by molar-refractivity contribution is 7.89. The van der Waals surface area contributed by atoms with Crippen molar-refractivity contribution >= 4 is 27.6 Å². The van der Waals surface area contributed by atoms with Gasteiger partial charge < -0.3 is 18.6 Å². The first kappa shape index (κ1) is 20.3. The van der Waals surface area contributed by atoms with Crippen LogP contribution in [0, 0.1) is 0 Å². The number of ether oxygens (including phenoxy) is 3. The van der Waals surface area contributed by atoms with Crippen molar-refractivity contribution in [2.45, 2.75) is 18.0 Å². The van der Waals surface area contributed by atoms with Gasteiger partial charge in [-0.1, -0.05) is 11.6 Å². The molecule has 0 radical (unpaired) electrons. The number of carbonyl (C=O) groups excluding carboxylic acids is 1. The number of hydrogen-bond acceptors (Lipinski definition) is 7. The van der Waals surface area contributed by atoms with Crippen LogP contribution < -0.4 is 14.2 Å². The van der Waals surface area contributed by atoms with E-state index in [-0.39, 0.29) is 30.4 Å². The molecule has 1 aliphatic rings. The van der Waals surface area contributed by atoms with Crippen molar-refractivity contribution in [3.63, 3.8) is 0 Å². The van der Waals surface area contributed by atoms with Crippen LogP contribution in [0.2, 0.25) is 5.02 Å². The standard InChI is InChI=1S/C20H16ClNO7S/c21-17-8-13(9-18-19(17)29-12-28-18)11-27-20(23)14-3-5-16(6-4-14)30(24,25)22-10-15-2-1-7-26-15/h1-9,22H,10-12H2. The van der Waals surface area contributed by atoms with Crippen molar-refractivity contribution in [2.24, 2.45) is 0 Å². The Morgan fingerprint density at radius 2 is 1.93 bits per heavy atom. The Morgan fingerprint density at radius 3 is 2.67 bits per heavy atom. The number of sulfonamides is 1. The fourth-order valence-corrected chi connectivity index (χ4v) is 4.05. The smallest absolute Gasteiger partial charge is 0.338 e. The Hall–Kier alpha value is -3.01. The maximum Gasteiger partial charge on any atom is 0.338 e. The Kier molecular flexibility index (Phi) is 5.67. The van der Waals surface area contributed by atoms with E-state index in [1.165, 1.54) is 30.5 Å². The fourth-order valence-electron chi connectivity index (χ4n) is 2.77. The molecule has 156 valence electrons. The first-order chi connectivity index (χ1) is 14.4. The fraction of sp³-hybridized carbons (Fsp3) is 0.150. The summed E-state index contributed by atoms with van der Waals surface area (Å²) in [6.07, 6.45) is 1.46. The molecular weight excluding hydrogens is 434 g/mol. The lowest BCUT2D eigenvalue weighted by Crippen LogP contribution is -2.23. The highest BCUT2D eigenvalue weighted by Crippen LogP contribution is 2.39. The molecule has 30 heavy (non-hydrogen) atoms. The van der Waals surface area contributed by atoms with Crippen molar-refractivity contribution in [1.82, 2.24) is 4.72 Å². The first-order valence-corrected chi connectivity index (χ1v) is 10.7. The summed E-state index contributed by atoms with van der Waals surface area (Å²) in [6.45, 7) is 0.0844. The molecular formula is C20H16ClNO7S. The lowest BCUT2D eigenvalue weighted by atomic mass is 10.2. The van der Waals surface area contributed by atoms with Crippen LogP contribution in [0.25, 0.3) is 0 Å². The van der Waals surface area contributed by atoms with Crippen LogP contribution in [0.15, 0.2) is 64.1 Å². The molecule has 0 amide bonds. The van der Waals surface area contributed by atoms with Gasteiger partial charge in [0.05, 0.1) is 28.3 Å². The Morgan fingerprint density at radius 1 is 1.13 bits per heavy atom. The molecule has 1 N–H and O–H groups in total. The third-order valence-corrected chi connectivity index (χ3v) is 5.97. The van der Waals surface area contributed by atoms with E-state index in [4.69, 9.17) is 30.2 Å². The SMILES string of the molecule is O=C(OCc1cc(Cl)c2c(c1)OCO2)c1ccc(S(=O)(=O)NCc2ccco2)cc1. The summed E-state index contributed by atoms with van der Waals surface area (Å²) in [4.78, 5) is 12.3. The summed E-state index contributed by atoms with van der Waals surface area (Å²) < 4.78 is 48.0. The van der Waals surface area contributed by atoms with E-state index in [1.807, 2.05) is 0 Å². The van der Waals surface area contributed by atoms with Gasteiger partial charge in [-0.25, -0.2) is 17.9 Å². The van der Waals surface area contributed by atoms with Crippen molar-refractivity contribution in [3.05, 3.63) is 76.7 Å². The van der Waals surface area contributed by atoms with Gasteiger partial charge in [0.2, 0.25) is 16.8 Å².